The number of nitrogens with one attached hydrogen (secondary N) is 2. The number of non-ortho nitro benzene ring substituents is 1. The molecule has 32 heavy (non-hydrogen) atoms. The average molecular weight is 452 g/mol. The van der Waals surface area contributed by atoms with Crippen LogP contribution in [0.2, 0.25) is 0 Å². The fourth-order valence-electron chi connectivity index (χ4n) is 3.45. The fraction of sp³-hybridized carbons (Fsp3) is 0.136. The highest BCUT2D eigenvalue weighted by molar-refractivity contribution is 7.92. The number of amides is 1. The van der Waals surface area contributed by atoms with E-state index < -0.39 is 14.9 Å². The maximum atomic E-state index is 13.0. The highest BCUT2D eigenvalue weighted by Gasteiger charge is 2.23. The van der Waals surface area contributed by atoms with Crippen LogP contribution < -0.4 is 14.9 Å². The standard InChI is InChI=1S/C22H20N4O5S/c27-22-7-4-14-25(22)17-8-11-19(12-9-17)32(30,31)24-21-15-18(26(28)29)10-13-20(21)23-16-5-2-1-3-6-16/h1-3,5-6,8-13,15,23-24H,4,7,14H2. The maximum absolute atomic E-state index is 13.0. The summed E-state index contributed by atoms with van der Waals surface area (Å²) in [7, 11) is -4.04. The molecule has 4 rings (SSSR count). The van der Waals surface area contributed by atoms with Crippen molar-refractivity contribution >= 4 is 44.4 Å². The molecule has 0 unspecified atom stereocenters. The Hall–Kier alpha value is -3.92. The summed E-state index contributed by atoms with van der Waals surface area (Å²) in [5, 5.41) is 14.3. The molecule has 1 aliphatic heterocycles. The summed E-state index contributed by atoms with van der Waals surface area (Å²) in [6, 6.07) is 18.9. The van der Waals surface area contributed by atoms with E-state index in [4.69, 9.17) is 0 Å². The van der Waals surface area contributed by atoms with E-state index in [-0.39, 0.29) is 22.2 Å². The second-order valence-electron chi connectivity index (χ2n) is 7.23. The normalized spacial score (nSPS) is 13.8. The van der Waals surface area contributed by atoms with E-state index in [9.17, 15) is 23.3 Å². The van der Waals surface area contributed by atoms with Gasteiger partial charge in [0.25, 0.3) is 15.7 Å². The predicted molar refractivity (Wildman–Crippen MR) is 122 cm³/mol. The van der Waals surface area contributed by atoms with Crippen molar-refractivity contribution in [3.63, 3.8) is 0 Å². The highest BCUT2D eigenvalue weighted by atomic mass is 32.2. The largest absolute Gasteiger partial charge is 0.354 e. The molecule has 2 N–H and O–H groups in total. The molecule has 10 heteroatoms. The van der Waals surface area contributed by atoms with E-state index in [1.807, 2.05) is 18.2 Å². The first-order valence-corrected chi connectivity index (χ1v) is 11.4. The van der Waals surface area contributed by atoms with Gasteiger partial charge in [0.2, 0.25) is 5.91 Å². The third kappa shape index (κ3) is 4.54. The van der Waals surface area contributed by atoms with Gasteiger partial charge in [-0.2, -0.15) is 0 Å². The lowest BCUT2D eigenvalue weighted by Gasteiger charge is -2.17. The smallest absolute Gasteiger partial charge is 0.271 e. The molecule has 0 saturated carbocycles. The number of hydrogen-bond donors (Lipinski definition) is 2. The van der Waals surface area contributed by atoms with Crippen molar-refractivity contribution in [2.24, 2.45) is 0 Å². The van der Waals surface area contributed by atoms with Gasteiger partial charge in [-0.25, -0.2) is 8.42 Å². The lowest BCUT2D eigenvalue weighted by molar-refractivity contribution is -0.384. The third-order valence-corrected chi connectivity index (χ3v) is 6.42. The lowest BCUT2D eigenvalue weighted by atomic mass is 10.2. The second-order valence-corrected chi connectivity index (χ2v) is 8.91. The van der Waals surface area contributed by atoms with Crippen LogP contribution in [0.5, 0.6) is 0 Å². The second kappa shape index (κ2) is 8.67. The summed E-state index contributed by atoms with van der Waals surface area (Å²) in [6.07, 6.45) is 1.25. The first-order valence-electron chi connectivity index (χ1n) is 9.87. The minimum Gasteiger partial charge on any atom is -0.354 e. The zero-order valence-corrected chi connectivity index (χ0v) is 17.7. The van der Waals surface area contributed by atoms with E-state index in [1.54, 1.807) is 29.2 Å². The maximum Gasteiger partial charge on any atom is 0.271 e. The SMILES string of the molecule is O=C1CCCN1c1ccc(S(=O)(=O)Nc2cc([N+](=O)[O-])ccc2Nc2ccccc2)cc1. The molecular weight excluding hydrogens is 432 g/mol. The van der Waals surface area contributed by atoms with Crippen LogP contribution >= 0.6 is 0 Å². The van der Waals surface area contributed by atoms with Gasteiger partial charge < -0.3 is 10.2 Å². The van der Waals surface area contributed by atoms with Gasteiger partial charge in [-0.05, 0) is 48.9 Å². The van der Waals surface area contributed by atoms with Crippen LogP contribution in [0.25, 0.3) is 0 Å². The molecule has 3 aromatic carbocycles. The molecule has 0 radical (unpaired) electrons. The number of sulfonamides is 1. The molecule has 3 aromatic rings. The number of carbonyl (C=O) groups excluding carboxylic acids is 1. The zero-order valence-electron chi connectivity index (χ0n) is 16.9. The number of anilines is 4. The van der Waals surface area contributed by atoms with Crippen LogP contribution in [0, 0.1) is 10.1 Å². The Balaban J connectivity index is 1.63. The topological polar surface area (TPSA) is 122 Å². The number of hydrogen-bond acceptors (Lipinski definition) is 6. The van der Waals surface area contributed by atoms with Crippen LogP contribution in [0.4, 0.5) is 28.4 Å². The molecule has 9 nitrogen and oxygen atoms in total. The number of para-hydroxylation sites is 1. The van der Waals surface area contributed by atoms with Crippen molar-refractivity contribution in [2.75, 3.05) is 21.5 Å². The van der Waals surface area contributed by atoms with Gasteiger partial charge in [0.15, 0.2) is 0 Å². The van der Waals surface area contributed by atoms with Gasteiger partial charge in [-0.3, -0.25) is 19.6 Å². The molecule has 1 fully saturated rings. The Bertz CT molecular complexity index is 1260. The van der Waals surface area contributed by atoms with Crippen LogP contribution in [0.1, 0.15) is 12.8 Å². The third-order valence-electron chi connectivity index (χ3n) is 5.04. The Labute approximate surface area is 184 Å². The fourth-order valence-corrected chi connectivity index (χ4v) is 4.52. The molecule has 164 valence electrons. The number of benzene rings is 3. The first-order chi connectivity index (χ1) is 15.3. The molecule has 0 spiro atoms. The molecule has 0 bridgehead atoms. The monoisotopic (exact) mass is 452 g/mol. The Morgan fingerprint density at radius 2 is 1.66 bits per heavy atom. The lowest BCUT2D eigenvalue weighted by Crippen LogP contribution is -2.23. The highest BCUT2D eigenvalue weighted by Crippen LogP contribution is 2.32. The molecule has 1 heterocycles. The number of nitro benzene ring substituents is 1. The van der Waals surface area contributed by atoms with E-state index in [0.717, 1.165) is 6.42 Å². The number of rotatable bonds is 7. The predicted octanol–water partition coefficient (Wildman–Crippen LogP) is 4.27. The van der Waals surface area contributed by atoms with Crippen molar-refractivity contribution < 1.29 is 18.1 Å². The van der Waals surface area contributed by atoms with E-state index in [0.29, 0.717) is 30.0 Å². The number of nitrogens with zero attached hydrogens (tertiary/aromatic N) is 2. The molecular formula is C22H20N4O5S. The zero-order chi connectivity index (χ0) is 22.7. The van der Waals surface area contributed by atoms with Crippen molar-refractivity contribution in [3.8, 4) is 0 Å². The van der Waals surface area contributed by atoms with Gasteiger partial charge in [-0.1, -0.05) is 18.2 Å². The quantitative estimate of drug-likeness (QED) is 0.408. The molecule has 0 aliphatic carbocycles. The van der Waals surface area contributed by atoms with E-state index in [1.165, 1.54) is 30.3 Å². The first kappa shape index (κ1) is 21.3. The minimum absolute atomic E-state index is 0.00644. The summed E-state index contributed by atoms with van der Waals surface area (Å²) in [4.78, 5) is 24.1. The van der Waals surface area contributed by atoms with E-state index in [2.05, 4.69) is 10.0 Å². The van der Waals surface area contributed by atoms with Gasteiger partial charge in [0.05, 0.1) is 21.2 Å². The van der Waals surface area contributed by atoms with Crippen molar-refractivity contribution in [1.82, 2.24) is 0 Å². The van der Waals surface area contributed by atoms with Crippen LogP contribution in [0.15, 0.2) is 77.7 Å². The molecule has 1 amide bonds. The van der Waals surface area contributed by atoms with Gasteiger partial charge in [0.1, 0.15) is 0 Å². The summed E-state index contributed by atoms with van der Waals surface area (Å²) in [5.74, 6) is 0.00644. The molecule has 1 aliphatic rings. The minimum atomic E-state index is -4.04. The Kier molecular flexibility index (Phi) is 5.78. The average Bonchev–Trinajstić information content (AvgIpc) is 3.21. The number of carbonyl (C=O) groups is 1. The van der Waals surface area contributed by atoms with Crippen LogP contribution in [-0.2, 0) is 14.8 Å². The summed E-state index contributed by atoms with van der Waals surface area (Å²) in [5.41, 5.74) is 1.49. The van der Waals surface area contributed by atoms with E-state index >= 15 is 0 Å². The Morgan fingerprint density at radius 3 is 2.28 bits per heavy atom. The molecule has 0 atom stereocenters. The summed E-state index contributed by atoms with van der Waals surface area (Å²) < 4.78 is 28.4. The number of nitro groups is 1. The molecule has 0 aromatic heterocycles. The van der Waals surface area contributed by atoms with Crippen LogP contribution in [0.3, 0.4) is 0 Å². The van der Waals surface area contributed by atoms with Gasteiger partial charge >= 0.3 is 0 Å². The van der Waals surface area contributed by atoms with Gasteiger partial charge in [-0.15, -0.1) is 0 Å². The van der Waals surface area contributed by atoms with Crippen molar-refractivity contribution in [3.05, 3.63) is 82.9 Å². The Morgan fingerprint density at radius 1 is 0.938 bits per heavy atom. The van der Waals surface area contributed by atoms with Gasteiger partial charge in [0, 0.05) is 36.5 Å². The summed E-state index contributed by atoms with van der Waals surface area (Å²) >= 11 is 0. The van der Waals surface area contributed by atoms with Crippen LogP contribution in [-0.4, -0.2) is 25.8 Å². The van der Waals surface area contributed by atoms with Crippen molar-refractivity contribution in [2.45, 2.75) is 17.7 Å². The van der Waals surface area contributed by atoms with Crippen molar-refractivity contribution in [1.29, 1.82) is 0 Å². The summed E-state index contributed by atoms with van der Waals surface area (Å²) in [6.45, 7) is 0.603. The molecule has 1 saturated heterocycles.